The van der Waals surface area contributed by atoms with E-state index in [1.54, 1.807) is 6.92 Å². The summed E-state index contributed by atoms with van der Waals surface area (Å²) < 4.78 is 0. The Hall–Kier alpha value is -0.470. The summed E-state index contributed by atoms with van der Waals surface area (Å²) in [6.45, 7) is 1.60. The molecule has 0 unspecified atom stereocenters. The summed E-state index contributed by atoms with van der Waals surface area (Å²) in [5.74, 6) is 0. The Kier molecular flexibility index (Phi) is 3.85. The normalized spacial score (nSPS) is 14.5. The van der Waals surface area contributed by atoms with E-state index < -0.39 is 7.28 Å². The Labute approximate surface area is 90.6 Å². The average Bonchev–Trinajstić information content (AvgIpc) is 2.19. The molecule has 1 aromatic rings. The van der Waals surface area contributed by atoms with E-state index in [2.05, 4.69) is 0 Å². The third-order valence-corrected chi connectivity index (χ3v) is 5.10. The maximum absolute atomic E-state index is 9.51. The minimum absolute atomic E-state index is 0.0421. The molecule has 0 aliphatic carbocycles. The quantitative estimate of drug-likeness (QED) is 0.677. The molecule has 0 saturated heterocycles. The second-order valence-electron chi connectivity index (χ2n) is 3.97. The van der Waals surface area contributed by atoms with Crippen molar-refractivity contribution in [2.75, 3.05) is 12.3 Å². The van der Waals surface area contributed by atoms with E-state index in [-0.39, 0.29) is 12.3 Å². The summed E-state index contributed by atoms with van der Waals surface area (Å²) >= 11 is 0. The molecule has 4 heteroatoms. The van der Waals surface area contributed by atoms with Gasteiger partial charge in [-0.25, -0.2) is 0 Å². The van der Waals surface area contributed by atoms with Crippen LogP contribution in [0.4, 0.5) is 0 Å². The van der Waals surface area contributed by atoms with Gasteiger partial charge in [0.2, 0.25) is 0 Å². The van der Waals surface area contributed by atoms with Crippen LogP contribution >= 0.6 is 7.28 Å². The molecule has 0 bridgehead atoms. The molecular weight excluding hydrogens is 211 g/mol. The molecule has 0 aliphatic heterocycles. The van der Waals surface area contributed by atoms with Crippen molar-refractivity contribution < 1.29 is 14.7 Å². The van der Waals surface area contributed by atoms with Crippen LogP contribution in [0.15, 0.2) is 30.3 Å². The van der Waals surface area contributed by atoms with Gasteiger partial charge in [-0.15, -0.1) is 0 Å². The Bertz CT molecular complexity index is 303. The molecule has 3 N–H and O–H groups in total. The number of rotatable bonds is 5. The van der Waals surface area contributed by atoms with E-state index in [1.165, 1.54) is 0 Å². The van der Waals surface area contributed by atoms with Gasteiger partial charge in [-0.2, -0.15) is 0 Å². The molecule has 0 spiro atoms. The van der Waals surface area contributed by atoms with Crippen LogP contribution in [0.3, 0.4) is 0 Å². The second-order valence-corrected chi connectivity index (χ2v) is 7.73. The molecule has 86 valence electrons. The molecule has 0 aromatic heterocycles. The second kappa shape index (κ2) is 4.58. The van der Waals surface area contributed by atoms with Gasteiger partial charge in [-0.1, -0.05) is 0 Å². The van der Waals surface area contributed by atoms with Crippen molar-refractivity contribution in [3.63, 3.8) is 0 Å². The van der Waals surface area contributed by atoms with Crippen molar-refractivity contribution in [3.8, 4) is 0 Å². The van der Waals surface area contributed by atoms with Gasteiger partial charge in [-0.05, 0) is 0 Å². The van der Waals surface area contributed by atoms with Crippen LogP contribution < -0.4 is 0 Å². The predicted molar refractivity (Wildman–Crippen MR) is 63.7 cm³/mol. The topological polar surface area (TPSA) is 60.7 Å². The van der Waals surface area contributed by atoms with E-state index in [9.17, 15) is 14.7 Å². The standard InChI is InChI=1S/C11H19O3P/c1-2-15(12,13,14)10-6-9-11-7-4-3-5-8-11/h3-5,7-8,12-14H,2,6,9-10H2,1H3. The molecule has 15 heavy (non-hydrogen) atoms. The number of benzene rings is 1. The van der Waals surface area contributed by atoms with Gasteiger partial charge in [0.15, 0.2) is 0 Å². The van der Waals surface area contributed by atoms with Crippen molar-refractivity contribution in [2.24, 2.45) is 0 Å². The van der Waals surface area contributed by atoms with E-state index in [0.29, 0.717) is 6.42 Å². The summed E-state index contributed by atoms with van der Waals surface area (Å²) in [5, 5.41) is 0. The van der Waals surface area contributed by atoms with Crippen LogP contribution in [0.25, 0.3) is 0 Å². The first-order valence-corrected chi connectivity index (χ1v) is 7.67. The van der Waals surface area contributed by atoms with Gasteiger partial charge in [-0.3, -0.25) is 0 Å². The van der Waals surface area contributed by atoms with Crippen molar-refractivity contribution >= 4 is 7.28 Å². The van der Waals surface area contributed by atoms with Gasteiger partial charge in [0, 0.05) is 0 Å². The summed E-state index contributed by atoms with van der Waals surface area (Å²) in [7, 11) is -4.29. The fourth-order valence-corrected chi connectivity index (χ4v) is 2.53. The molecule has 0 radical (unpaired) electrons. The van der Waals surface area contributed by atoms with Crippen molar-refractivity contribution in [1.29, 1.82) is 0 Å². The summed E-state index contributed by atoms with van der Waals surface area (Å²) in [6, 6.07) is 9.83. The fourth-order valence-electron chi connectivity index (χ4n) is 1.41. The average molecular weight is 230 g/mol. The first-order valence-electron chi connectivity index (χ1n) is 5.20. The van der Waals surface area contributed by atoms with Gasteiger partial charge in [0.25, 0.3) is 0 Å². The number of hydrogen-bond acceptors (Lipinski definition) is 3. The first kappa shape index (κ1) is 12.6. The van der Waals surface area contributed by atoms with E-state index in [1.807, 2.05) is 30.3 Å². The molecule has 0 heterocycles. The molecule has 1 aromatic carbocycles. The van der Waals surface area contributed by atoms with Crippen LogP contribution in [-0.4, -0.2) is 27.0 Å². The maximum atomic E-state index is 9.51. The van der Waals surface area contributed by atoms with Crippen molar-refractivity contribution in [2.45, 2.75) is 19.8 Å². The SMILES string of the molecule is CCP(O)(O)(O)CCCc1ccccc1. The zero-order valence-electron chi connectivity index (χ0n) is 9.00. The molecule has 0 amide bonds. The van der Waals surface area contributed by atoms with Gasteiger partial charge in [0.05, 0.1) is 0 Å². The Morgan fingerprint density at radius 2 is 1.67 bits per heavy atom. The van der Waals surface area contributed by atoms with Crippen molar-refractivity contribution in [1.82, 2.24) is 0 Å². The van der Waals surface area contributed by atoms with E-state index in [0.717, 1.165) is 12.0 Å². The number of hydrogen-bond donors (Lipinski definition) is 3. The minimum atomic E-state index is -4.29. The van der Waals surface area contributed by atoms with Gasteiger partial charge >= 0.3 is 89.9 Å². The van der Waals surface area contributed by atoms with E-state index >= 15 is 0 Å². The van der Waals surface area contributed by atoms with E-state index in [4.69, 9.17) is 0 Å². The van der Waals surface area contributed by atoms with Gasteiger partial charge < -0.3 is 0 Å². The fraction of sp³-hybridized carbons (Fsp3) is 0.455. The number of aryl methyl sites for hydroxylation is 1. The third kappa shape index (κ3) is 4.72. The molecular formula is C11H19O3P. The Morgan fingerprint density at radius 1 is 1.07 bits per heavy atom. The monoisotopic (exact) mass is 230 g/mol. The molecule has 0 atom stereocenters. The zero-order valence-corrected chi connectivity index (χ0v) is 9.90. The molecule has 3 nitrogen and oxygen atoms in total. The first-order chi connectivity index (χ1) is 6.91. The molecule has 0 saturated carbocycles. The Morgan fingerprint density at radius 3 is 2.20 bits per heavy atom. The summed E-state index contributed by atoms with van der Waals surface area (Å²) in [4.78, 5) is 28.5. The Balaban J connectivity index is 2.41. The predicted octanol–water partition coefficient (Wildman–Crippen LogP) is 1.91. The zero-order chi connectivity index (χ0) is 11.4. The van der Waals surface area contributed by atoms with Crippen LogP contribution in [0.5, 0.6) is 0 Å². The summed E-state index contributed by atoms with van der Waals surface area (Å²) in [5.41, 5.74) is 1.15. The molecule has 0 fully saturated rings. The van der Waals surface area contributed by atoms with Gasteiger partial charge in [0.1, 0.15) is 0 Å². The van der Waals surface area contributed by atoms with Crippen LogP contribution in [0.1, 0.15) is 18.9 Å². The molecule has 0 aliphatic rings. The summed E-state index contributed by atoms with van der Waals surface area (Å²) in [6.07, 6.45) is 1.50. The van der Waals surface area contributed by atoms with Crippen LogP contribution in [0.2, 0.25) is 0 Å². The van der Waals surface area contributed by atoms with Crippen LogP contribution in [0, 0.1) is 0 Å². The van der Waals surface area contributed by atoms with Crippen LogP contribution in [-0.2, 0) is 6.42 Å². The third-order valence-electron chi connectivity index (χ3n) is 2.57. The van der Waals surface area contributed by atoms with Crippen molar-refractivity contribution in [3.05, 3.63) is 35.9 Å². The molecule has 1 rings (SSSR count).